The van der Waals surface area contributed by atoms with Gasteiger partial charge in [0.2, 0.25) is 0 Å². The van der Waals surface area contributed by atoms with E-state index in [-0.39, 0.29) is 5.75 Å². The predicted molar refractivity (Wildman–Crippen MR) is 57.6 cm³/mol. The molecule has 0 aliphatic carbocycles. The summed E-state index contributed by atoms with van der Waals surface area (Å²) >= 11 is 0. The minimum Gasteiger partial charge on any atom is -0.504 e. The first-order valence-electron chi connectivity index (χ1n) is 5.49. The zero-order chi connectivity index (χ0) is 10.7. The van der Waals surface area contributed by atoms with Crippen molar-refractivity contribution < 1.29 is 5.11 Å². The smallest absolute Gasteiger partial charge is 0.159 e. The Balaban J connectivity index is 2.06. The number of aromatic hydroxyl groups is 1. The summed E-state index contributed by atoms with van der Waals surface area (Å²) in [5, 5.41) is 9.78. The van der Waals surface area contributed by atoms with Crippen LogP contribution in [0, 0.1) is 6.92 Å². The molecule has 1 fully saturated rings. The molecule has 2 heterocycles. The number of likely N-dealkylation sites (tertiary alicyclic amines) is 1. The molecule has 0 spiro atoms. The molecule has 4 nitrogen and oxygen atoms in total. The van der Waals surface area contributed by atoms with E-state index in [1.54, 1.807) is 6.92 Å². The third-order valence-corrected chi connectivity index (χ3v) is 2.90. The minimum atomic E-state index is 0.253. The highest BCUT2D eigenvalue weighted by atomic mass is 16.3. The van der Waals surface area contributed by atoms with Crippen molar-refractivity contribution in [3.05, 3.63) is 17.7 Å². The van der Waals surface area contributed by atoms with Gasteiger partial charge in [-0.2, -0.15) is 0 Å². The summed E-state index contributed by atoms with van der Waals surface area (Å²) in [7, 11) is 0. The van der Waals surface area contributed by atoms with E-state index in [4.69, 9.17) is 0 Å². The zero-order valence-electron chi connectivity index (χ0n) is 9.11. The fraction of sp³-hybridized carbons (Fsp3) is 0.636. The van der Waals surface area contributed by atoms with Crippen molar-refractivity contribution >= 4 is 0 Å². The van der Waals surface area contributed by atoms with Crippen LogP contribution in [-0.2, 0) is 6.54 Å². The first-order chi connectivity index (χ1) is 7.27. The highest BCUT2D eigenvalue weighted by Gasteiger charge is 2.14. The van der Waals surface area contributed by atoms with E-state index >= 15 is 0 Å². The third-order valence-electron chi connectivity index (χ3n) is 2.90. The Morgan fingerprint density at radius 3 is 2.73 bits per heavy atom. The summed E-state index contributed by atoms with van der Waals surface area (Å²) in [6.45, 7) is 4.77. The van der Waals surface area contributed by atoms with Crippen LogP contribution in [0.4, 0.5) is 0 Å². The summed E-state index contributed by atoms with van der Waals surface area (Å²) in [5.41, 5.74) is 1.42. The lowest BCUT2D eigenvalue weighted by atomic mass is 10.1. The second kappa shape index (κ2) is 4.57. The minimum absolute atomic E-state index is 0.253. The maximum Gasteiger partial charge on any atom is 0.159 e. The molecule has 15 heavy (non-hydrogen) atoms. The maximum atomic E-state index is 9.78. The number of hydrogen-bond donors (Lipinski definition) is 1. The van der Waals surface area contributed by atoms with Gasteiger partial charge in [-0.3, -0.25) is 4.90 Å². The molecule has 1 aliphatic rings. The molecule has 1 aromatic rings. The molecule has 1 saturated heterocycles. The Morgan fingerprint density at radius 1 is 1.27 bits per heavy atom. The van der Waals surface area contributed by atoms with Crippen LogP contribution in [0.1, 0.15) is 30.7 Å². The molecule has 0 radical (unpaired) electrons. The van der Waals surface area contributed by atoms with Crippen LogP contribution in [0.5, 0.6) is 5.75 Å². The molecule has 2 rings (SSSR count). The lowest BCUT2D eigenvalue weighted by Gasteiger charge is -2.26. The predicted octanol–water partition coefficient (Wildman–Crippen LogP) is 1.48. The van der Waals surface area contributed by atoms with E-state index in [1.165, 1.54) is 25.6 Å². The van der Waals surface area contributed by atoms with Crippen molar-refractivity contribution in [2.24, 2.45) is 0 Å². The van der Waals surface area contributed by atoms with Crippen LogP contribution in [-0.4, -0.2) is 33.1 Å². The average molecular weight is 207 g/mol. The van der Waals surface area contributed by atoms with Gasteiger partial charge in [-0.05, 0) is 32.9 Å². The van der Waals surface area contributed by atoms with Crippen molar-refractivity contribution in [1.29, 1.82) is 0 Å². The van der Waals surface area contributed by atoms with E-state index in [0.717, 1.165) is 25.3 Å². The van der Waals surface area contributed by atoms with Gasteiger partial charge in [-0.25, -0.2) is 9.97 Å². The first-order valence-corrected chi connectivity index (χ1v) is 5.49. The molecular weight excluding hydrogens is 190 g/mol. The monoisotopic (exact) mass is 207 g/mol. The molecule has 1 aromatic heterocycles. The summed E-state index contributed by atoms with van der Waals surface area (Å²) < 4.78 is 0. The highest BCUT2D eigenvalue weighted by molar-refractivity contribution is 5.29. The van der Waals surface area contributed by atoms with Crippen molar-refractivity contribution in [1.82, 2.24) is 14.9 Å². The Hall–Kier alpha value is -1.16. The van der Waals surface area contributed by atoms with Crippen molar-refractivity contribution in [2.45, 2.75) is 32.7 Å². The standard InChI is InChI=1S/C11H17N3O/c1-9-11(15)10(13-8-12-9)7-14-5-3-2-4-6-14/h8,15H,2-7H2,1H3. The zero-order valence-corrected chi connectivity index (χ0v) is 9.11. The van der Waals surface area contributed by atoms with E-state index in [0.29, 0.717) is 5.69 Å². The number of aromatic nitrogens is 2. The molecule has 0 atom stereocenters. The van der Waals surface area contributed by atoms with Gasteiger partial charge >= 0.3 is 0 Å². The van der Waals surface area contributed by atoms with Crippen LogP contribution >= 0.6 is 0 Å². The van der Waals surface area contributed by atoms with Gasteiger partial charge in [0.05, 0.1) is 11.4 Å². The van der Waals surface area contributed by atoms with Gasteiger partial charge in [0.15, 0.2) is 5.75 Å². The third kappa shape index (κ3) is 2.45. The van der Waals surface area contributed by atoms with E-state index in [2.05, 4.69) is 14.9 Å². The van der Waals surface area contributed by atoms with Crippen LogP contribution in [0.2, 0.25) is 0 Å². The summed E-state index contributed by atoms with van der Waals surface area (Å²) in [6, 6.07) is 0. The van der Waals surface area contributed by atoms with Crippen molar-refractivity contribution in [3.63, 3.8) is 0 Å². The topological polar surface area (TPSA) is 49.2 Å². The second-order valence-electron chi connectivity index (χ2n) is 4.09. The largest absolute Gasteiger partial charge is 0.504 e. The molecule has 82 valence electrons. The molecule has 1 aliphatic heterocycles. The Bertz CT molecular complexity index is 335. The van der Waals surface area contributed by atoms with E-state index < -0.39 is 0 Å². The second-order valence-corrected chi connectivity index (χ2v) is 4.09. The quantitative estimate of drug-likeness (QED) is 0.798. The normalized spacial score (nSPS) is 17.9. The fourth-order valence-corrected chi connectivity index (χ4v) is 1.96. The average Bonchev–Trinajstić information content (AvgIpc) is 2.26. The Labute approximate surface area is 90.0 Å². The molecule has 4 heteroatoms. The summed E-state index contributed by atoms with van der Waals surface area (Å²) in [6.07, 6.45) is 5.36. The van der Waals surface area contributed by atoms with E-state index in [9.17, 15) is 5.11 Å². The lowest BCUT2D eigenvalue weighted by Crippen LogP contribution is -2.29. The number of hydrogen-bond acceptors (Lipinski definition) is 4. The molecule has 0 amide bonds. The summed E-state index contributed by atoms with van der Waals surface area (Å²) in [4.78, 5) is 10.4. The van der Waals surface area contributed by atoms with Gasteiger partial charge < -0.3 is 5.11 Å². The first kappa shape index (κ1) is 10.4. The Kier molecular flexibility index (Phi) is 3.16. The Morgan fingerprint density at radius 2 is 2.00 bits per heavy atom. The van der Waals surface area contributed by atoms with Crippen molar-refractivity contribution in [3.8, 4) is 5.75 Å². The van der Waals surface area contributed by atoms with Gasteiger partial charge in [0.1, 0.15) is 6.33 Å². The number of rotatable bonds is 2. The number of piperidine rings is 1. The SMILES string of the molecule is Cc1ncnc(CN2CCCCC2)c1O. The lowest BCUT2D eigenvalue weighted by molar-refractivity contribution is 0.215. The van der Waals surface area contributed by atoms with Crippen LogP contribution in [0.15, 0.2) is 6.33 Å². The van der Waals surface area contributed by atoms with Crippen LogP contribution < -0.4 is 0 Å². The van der Waals surface area contributed by atoms with Gasteiger partial charge in [0.25, 0.3) is 0 Å². The van der Waals surface area contributed by atoms with E-state index in [1.807, 2.05) is 0 Å². The number of nitrogens with zero attached hydrogens (tertiary/aromatic N) is 3. The molecule has 0 saturated carbocycles. The summed E-state index contributed by atoms with van der Waals surface area (Å²) in [5.74, 6) is 0.253. The fourth-order valence-electron chi connectivity index (χ4n) is 1.96. The van der Waals surface area contributed by atoms with Gasteiger partial charge in [-0.15, -0.1) is 0 Å². The maximum absolute atomic E-state index is 9.78. The molecule has 1 N–H and O–H groups in total. The van der Waals surface area contributed by atoms with Crippen LogP contribution in [0.3, 0.4) is 0 Å². The van der Waals surface area contributed by atoms with Crippen LogP contribution in [0.25, 0.3) is 0 Å². The molecule has 0 unspecified atom stereocenters. The van der Waals surface area contributed by atoms with Gasteiger partial charge in [0, 0.05) is 6.54 Å². The highest BCUT2D eigenvalue weighted by Crippen LogP contribution is 2.20. The van der Waals surface area contributed by atoms with Crippen molar-refractivity contribution in [2.75, 3.05) is 13.1 Å². The molecule has 0 aromatic carbocycles. The number of aryl methyl sites for hydroxylation is 1. The molecule has 0 bridgehead atoms. The molecular formula is C11H17N3O. The van der Waals surface area contributed by atoms with Gasteiger partial charge in [-0.1, -0.05) is 6.42 Å².